The summed E-state index contributed by atoms with van der Waals surface area (Å²) < 4.78 is 48.9. The Morgan fingerprint density at radius 3 is 2.77 bits per heavy atom. The number of rotatable bonds is 4. The van der Waals surface area contributed by atoms with Crippen molar-refractivity contribution in [2.75, 3.05) is 12.1 Å². The molecule has 0 aliphatic carbocycles. The Hall–Kier alpha value is -2.74. The zero-order valence-corrected chi connectivity index (χ0v) is 14.2. The Bertz CT molecular complexity index is 940. The zero-order chi connectivity index (χ0) is 18.1. The second kappa shape index (κ2) is 6.53. The summed E-state index contributed by atoms with van der Waals surface area (Å²) in [5.41, 5.74) is 1.54. The van der Waals surface area contributed by atoms with Gasteiger partial charge in [0.05, 0.1) is 11.3 Å². The van der Waals surface area contributed by atoms with Gasteiger partial charge in [0.15, 0.2) is 16.6 Å². The lowest BCUT2D eigenvalue weighted by atomic mass is 10.1. The van der Waals surface area contributed by atoms with Crippen molar-refractivity contribution < 1.29 is 22.6 Å². The second-order valence-electron chi connectivity index (χ2n) is 5.66. The number of aromatic nitrogens is 1. The maximum atomic E-state index is 12.8. The standard InChI is InChI=1S/C18H13F3N2O2S/c19-18(20,21)13-3-1-2-11(6-13)8-22-17-23-14(9-26-17)12-4-5-15-16(7-12)25-10-24-15/h1-7,9H,8,10H2,(H,22,23). The highest BCUT2D eigenvalue weighted by Crippen LogP contribution is 2.36. The normalized spacial score (nSPS) is 13.0. The van der Waals surface area contributed by atoms with Crippen molar-refractivity contribution in [3.8, 4) is 22.8 Å². The van der Waals surface area contributed by atoms with E-state index in [0.29, 0.717) is 22.2 Å². The number of thiazole rings is 1. The minimum Gasteiger partial charge on any atom is -0.454 e. The number of nitrogens with zero attached hydrogens (tertiary/aromatic N) is 1. The lowest BCUT2D eigenvalue weighted by Crippen LogP contribution is -2.06. The van der Waals surface area contributed by atoms with E-state index in [9.17, 15) is 13.2 Å². The fourth-order valence-electron chi connectivity index (χ4n) is 2.58. The van der Waals surface area contributed by atoms with Crippen LogP contribution in [0.25, 0.3) is 11.3 Å². The molecule has 0 amide bonds. The molecular weight excluding hydrogens is 365 g/mol. The molecule has 2 heterocycles. The van der Waals surface area contributed by atoms with Gasteiger partial charge < -0.3 is 14.8 Å². The van der Waals surface area contributed by atoms with Crippen molar-refractivity contribution in [2.45, 2.75) is 12.7 Å². The zero-order valence-electron chi connectivity index (χ0n) is 13.3. The van der Waals surface area contributed by atoms with Gasteiger partial charge in [-0.05, 0) is 35.9 Å². The lowest BCUT2D eigenvalue weighted by Gasteiger charge is -2.09. The predicted molar refractivity (Wildman–Crippen MR) is 92.4 cm³/mol. The van der Waals surface area contributed by atoms with Gasteiger partial charge in [0.2, 0.25) is 6.79 Å². The Morgan fingerprint density at radius 1 is 1.08 bits per heavy atom. The highest BCUT2D eigenvalue weighted by Gasteiger charge is 2.30. The molecule has 134 valence electrons. The molecule has 2 aromatic carbocycles. The quantitative estimate of drug-likeness (QED) is 0.680. The van der Waals surface area contributed by atoms with Gasteiger partial charge in [-0.25, -0.2) is 4.98 Å². The number of benzene rings is 2. The smallest absolute Gasteiger partial charge is 0.416 e. The van der Waals surface area contributed by atoms with Crippen LogP contribution in [0.3, 0.4) is 0 Å². The molecule has 26 heavy (non-hydrogen) atoms. The van der Waals surface area contributed by atoms with Gasteiger partial charge >= 0.3 is 6.18 Å². The van der Waals surface area contributed by atoms with Gasteiger partial charge in [0.25, 0.3) is 0 Å². The van der Waals surface area contributed by atoms with E-state index < -0.39 is 11.7 Å². The Balaban J connectivity index is 1.46. The van der Waals surface area contributed by atoms with E-state index in [2.05, 4.69) is 10.3 Å². The second-order valence-corrected chi connectivity index (χ2v) is 6.52. The molecule has 1 N–H and O–H groups in total. The molecule has 4 nitrogen and oxygen atoms in total. The van der Waals surface area contributed by atoms with Gasteiger partial charge in [0, 0.05) is 17.5 Å². The fraction of sp³-hybridized carbons (Fsp3) is 0.167. The highest BCUT2D eigenvalue weighted by molar-refractivity contribution is 7.14. The van der Waals surface area contributed by atoms with Crippen LogP contribution in [-0.2, 0) is 12.7 Å². The van der Waals surface area contributed by atoms with Crippen LogP contribution in [0.1, 0.15) is 11.1 Å². The number of fused-ring (bicyclic) bond motifs is 1. The number of ether oxygens (including phenoxy) is 2. The van der Waals surface area contributed by atoms with Crippen molar-refractivity contribution in [2.24, 2.45) is 0 Å². The van der Waals surface area contributed by atoms with E-state index in [1.807, 2.05) is 23.6 Å². The molecule has 1 aliphatic rings. The minimum absolute atomic E-state index is 0.208. The maximum absolute atomic E-state index is 12.8. The SMILES string of the molecule is FC(F)(F)c1cccc(CNc2nc(-c3ccc4c(c3)OCO4)cs2)c1. The summed E-state index contributed by atoms with van der Waals surface area (Å²) in [4.78, 5) is 4.48. The molecule has 0 atom stereocenters. The van der Waals surface area contributed by atoms with Crippen molar-refractivity contribution in [1.29, 1.82) is 0 Å². The topological polar surface area (TPSA) is 43.4 Å². The Morgan fingerprint density at radius 2 is 1.92 bits per heavy atom. The molecule has 4 rings (SSSR count). The van der Waals surface area contributed by atoms with Crippen LogP contribution in [0.2, 0.25) is 0 Å². The lowest BCUT2D eigenvalue weighted by molar-refractivity contribution is -0.137. The van der Waals surface area contributed by atoms with Crippen LogP contribution in [0, 0.1) is 0 Å². The van der Waals surface area contributed by atoms with Crippen LogP contribution in [-0.4, -0.2) is 11.8 Å². The summed E-state index contributed by atoms with van der Waals surface area (Å²) in [6.07, 6.45) is -4.34. The number of alkyl halides is 3. The summed E-state index contributed by atoms with van der Waals surface area (Å²) in [5.74, 6) is 1.38. The van der Waals surface area contributed by atoms with Crippen molar-refractivity contribution >= 4 is 16.5 Å². The van der Waals surface area contributed by atoms with Crippen molar-refractivity contribution in [1.82, 2.24) is 4.98 Å². The number of halogens is 3. The van der Waals surface area contributed by atoms with Crippen molar-refractivity contribution in [3.05, 3.63) is 59.0 Å². The number of anilines is 1. The Kier molecular flexibility index (Phi) is 4.20. The summed E-state index contributed by atoms with van der Waals surface area (Å²) in [6, 6.07) is 10.8. The van der Waals surface area contributed by atoms with Crippen molar-refractivity contribution in [3.63, 3.8) is 0 Å². The predicted octanol–water partition coefficient (Wildman–Crippen LogP) is 5.17. The van der Waals surface area contributed by atoms with Crippen LogP contribution in [0.15, 0.2) is 47.8 Å². The van der Waals surface area contributed by atoms with Crippen LogP contribution < -0.4 is 14.8 Å². The molecule has 0 radical (unpaired) electrons. The third kappa shape index (κ3) is 3.45. The van der Waals surface area contributed by atoms with E-state index in [-0.39, 0.29) is 13.3 Å². The molecule has 1 aromatic heterocycles. The van der Waals surface area contributed by atoms with Gasteiger partial charge in [-0.15, -0.1) is 11.3 Å². The summed E-state index contributed by atoms with van der Waals surface area (Å²) in [6.45, 7) is 0.470. The average molecular weight is 378 g/mol. The van der Waals surface area contributed by atoms with Gasteiger partial charge in [-0.1, -0.05) is 12.1 Å². The van der Waals surface area contributed by atoms with E-state index in [1.54, 1.807) is 6.07 Å². The molecule has 0 unspecified atom stereocenters. The highest BCUT2D eigenvalue weighted by atomic mass is 32.1. The largest absolute Gasteiger partial charge is 0.454 e. The number of hydrogen-bond donors (Lipinski definition) is 1. The van der Waals surface area contributed by atoms with E-state index >= 15 is 0 Å². The Labute approximate surface area is 151 Å². The van der Waals surface area contributed by atoms with E-state index in [4.69, 9.17) is 9.47 Å². The summed E-state index contributed by atoms with van der Waals surface area (Å²) in [5, 5.41) is 5.58. The average Bonchev–Trinajstić information content (AvgIpc) is 3.28. The molecule has 0 saturated heterocycles. The van der Waals surface area contributed by atoms with E-state index in [0.717, 1.165) is 23.4 Å². The van der Waals surface area contributed by atoms with Gasteiger partial charge in [0.1, 0.15) is 0 Å². The summed E-state index contributed by atoms with van der Waals surface area (Å²) >= 11 is 1.39. The minimum atomic E-state index is -4.34. The third-order valence-electron chi connectivity index (χ3n) is 3.87. The molecule has 0 saturated carbocycles. The molecule has 0 bridgehead atoms. The van der Waals surface area contributed by atoms with Crippen LogP contribution >= 0.6 is 11.3 Å². The third-order valence-corrected chi connectivity index (χ3v) is 4.67. The first kappa shape index (κ1) is 16.7. The molecule has 8 heteroatoms. The van der Waals surface area contributed by atoms with E-state index in [1.165, 1.54) is 17.4 Å². The number of nitrogens with one attached hydrogen (secondary N) is 1. The van der Waals surface area contributed by atoms with Gasteiger partial charge in [-0.3, -0.25) is 0 Å². The fourth-order valence-corrected chi connectivity index (χ4v) is 3.30. The first-order valence-corrected chi connectivity index (χ1v) is 8.62. The molecule has 3 aromatic rings. The molecule has 1 aliphatic heterocycles. The van der Waals surface area contributed by atoms with Crippen LogP contribution in [0.5, 0.6) is 11.5 Å². The summed E-state index contributed by atoms with van der Waals surface area (Å²) in [7, 11) is 0. The first-order valence-electron chi connectivity index (χ1n) is 7.74. The molecule has 0 fully saturated rings. The molecular formula is C18H13F3N2O2S. The monoisotopic (exact) mass is 378 g/mol. The number of hydrogen-bond acceptors (Lipinski definition) is 5. The maximum Gasteiger partial charge on any atom is 0.416 e. The molecule has 0 spiro atoms. The van der Waals surface area contributed by atoms with Gasteiger partial charge in [-0.2, -0.15) is 13.2 Å². The van der Waals surface area contributed by atoms with Crippen LogP contribution in [0.4, 0.5) is 18.3 Å². The first-order chi connectivity index (χ1) is 12.5.